The largest absolute Gasteiger partial charge is 0.423 e. The van der Waals surface area contributed by atoms with Crippen LogP contribution in [0.5, 0.6) is 5.75 Å². The summed E-state index contributed by atoms with van der Waals surface area (Å²) in [6.07, 6.45) is 0. The lowest BCUT2D eigenvalue weighted by Gasteiger charge is -2.09. The summed E-state index contributed by atoms with van der Waals surface area (Å²) in [6.45, 7) is 0. The molecule has 8 heteroatoms. The van der Waals surface area contributed by atoms with E-state index in [2.05, 4.69) is 0 Å². The lowest BCUT2D eigenvalue weighted by atomic mass is 10.2. The molecule has 23 heavy (non-hydrogen) atoms. The van der Waals surface area contributed by atoms with Crippen LogP contribution in [0.2, 0.25) is 10.0 Å². The first-order chi connectivity index (χ1) is 10.8. The van der Waals surface area contributed by atoms with Crippen molar-refractivity contribution in [3.05, 3.63) is 69.0 Å². The Bertz CT molecular complexity index is 1060. The molecule has 0 fully saturated rings. The Morgan fingerprint density at radius 3 is 2.48 bits per heavy atom. The molecule has 0 atom stereocenters. The zero-order valence-corrected chi connectivity index (χ0v) is 13.7. The van der Waals surface area contributed by atoms with Crippen LogP contribution in [0.15, 0.2) is 62.6 Å². The van der Waals surface area contributed by atoms with E-state index in [1.807, 2.05) is 0 Å². The molecule has 0 aliphatic rings. The molecule has 3 rings (SSSR count). The number of halogens is 2. The average molecular weight is 371 g/mol. The van der Waals surface area contributed by atoms with Crippen LogP contribution in [0, 0.1) is 0 Å². The number of rotatable bonds is 3. The summed E-state index contributed by atoms with van der Waals surface area (Å²) in [4.78, 5) is 11.0. The third-order valence-electron chi connectivity index (χ3n) is 2.97. The van der Waals surface area contributed by atoms with Gasteiger partial charge in [0, 0.05) is 16.5 Å². The Hall–Kier alpha value is -2.02. The monoisotopic (exact) mass is 370 g/mol. The van der Waals surface area contributed by atoms with E-state index < -0.39 is 15.7 Å². The van der Waals surface area contributed by atoms with Crippen LogP contribution >= 0.6 is 23.2 Å². The molecule has 1 aromatic heterocycles. The number of benzene rings is 2. The van der Waals surface area contributed by atoms with Crippen molar-refractivity contribution in [3.63, 3.8) is 0 Å². The molecule has 118 valence electrons. The predicted molar refractivity (Wildman–Crippen MR) is 86.8 cm³/mol. The Labute approximate surface area is 141 Å². The first-order valence-corrected chi connectivity index (χ1v) is 8.45. The summed E-state index contributed by atoms with van der Waals surface area (Å²) < 4.78 is 34.7. The van der Waals surface area contributed by atoms with Gasteiger partial charge in [-0.3, -0.25) is 0 Å². The average Bonchev–Trinajstić information content (AvgIpc) is 2.49. The molecule has 1 heterocycles. The van der Waals surface area contributed by atoms with E-state index in [1.54, 1.807) is 0 Å². The van der Waals surface area contributed by atoms with Crippen LogP contribution in [-0.4, -0.2) is 8.42 Å². The third-order valence-corrected chi connectivity index (χ3v) is 4.73. The Morgan fingerprint density at radius 1 is 0.957 bits per heavy atom. The van der Waals surface area contributed by atoms with Crippen molar-refractivity contribution in [2.24, 2.45) is 0 Å². The van der Waals surface area contributed by atoms with Gasteiger partial charge in [0.15, 0.2) is 5.75 Å². The van der Waals surface area contributed by atoms with E-state index in [9.17, 15) is 13.2 Å². The highest BCUT2D eigenvalue weighted by atomic mass is 35.5. The van der Waals surface area contributed by atoms with E-state index in [-0.39, 0.29) is 21.3 Å². The molecule has 2 aromatic carbocycles. The van der Waals surface area contributed by atoms with E-state index in [0.29, 0.717) is 10.4 Å². The molecular formula is C15H8Cl2O5S. The molecule has 0 aliphatic carbocycles. The highest BCUT2D eigenvalue weighted by molar-refractivity contribution is 7.87. The number of hydrogen-bond acceptors (Lipinski definition) is 5. The first-order valence-electron chi connectivity index (χ1n) is 6.29. The van der Waals surface area contributed by atoms with Crippen LogP contribution < -0.4 is 9.81 Å². The summed E-state index contributed by atoms with van der Waals surface area (Å²) in [5.74, 6) is -0.0317. The van der Waals surface area contributed by atoms with Crippen molar-refractivity contribution in [2.45, 2.75) is 4.90 Å². The fourth-order valence-electron chi connectivity index (χ4n) is 1.91. The lowest BCUT2D eigenvalue weighted by molar-refractivity contribution is 0.486. The maximum Gasteiger partial charge on any atom is 0.339 e. The quantitative estimate of drug-likeness (QED) is 0.516. The van der Waals surface area contributed by atoms with Crippen molar-refractivity contribution in [2.75, 3.05) is 0 Å². The smallest absolute Gasteiger partial charge is 0.339 e. The molecule has 0 unspecified atom stereocenters. The van der Waals surface area contributed by atoms with Crippen LogP contribution in [0.4, 0.5) is 0 Å². The maximum absolute atomic E-state index is 12.3. The van der Waals surface area contributed by atoms with Crippen LogP contribution in [-0.2, 0) is 10.1 Å². The van der Waals surface area contributed by atoms with E-state index in [0.717, 1.165) is 0 Å². The van der Waals surface area contributed by atoms with Gasteiger partial charge in [-0.15, -0.1) is 0 Å². The molecule has 0 radical (unpaired) electrons. The summed E-state index contributed by atoms with van der Waals surface area (Å²) in [7, 11) is -4.10. The first kappa shape index (κ1) is 15.9. The molecule has 3 aromatic rings. The highest BCUT2D eigenvalue weighted by Crippen LogP contribution is 2.30. The summed E-state index contributed by atoms with van der Waals surface area (Å²) in [6, 6.07) is 10.9. The van der Waals surface area contributed by atoms with Gasteiger partial charge in [-0.2, -0.15) is 8.42 Å². The molecular weight excluding hydrogens is 363 g/mol. The SMILES string of the molecule is O=c1ccc2cc(S(=O)(=O)Oc3ccc(Cl)cc3Cl)ccc2o1. The van der Waals surface area contributed by atoms with Gasteiger partial charge in [-0.1, -0.05) is 23.2 Å². The van der Waals surface area contributed by atoms with Gasteiger partial charge >= 0.3 is 15.7 Å². The van der Waals surface area contributed by atoms with Gasteiger partial charge in [0.1, 0.15) is 10.5 Å². The molecule has 0 spiro atoms. The van der Waals surface area contributed by atoms with E-state index >= 15 is 0 Å². The van der Waals surface area contributed by atoms with Gasteiger partial charge in [-0.05, 0) is 42.5 Å². The van der Waals surface area contributed by atoms with Gasteiger partial charge in [0.2, 0.25) is 0 Å². The lowest BCUT2D eigenvalue weighted by Crippen LogP contribution is -2.10. The van der Waals surface area contributed by atoms with Crippen LogP contribution in [0.3, 0.4) is 0 Å². The van der Waals surface area contributed by atoms with Crippen molar-refractivity contribution >= 4 is 44.3 Å². The highest BCUT2D eigenvalue weighted by Gasteiger charge is 2.19. The predicted octanol–water partition coefficient (Wildman–Crippen LogP) is 3.87. The topological polar surface area (TPSA) is 73.6 Å². The molecule has 0 bridgehead atoms. The van der Waals surface area contributed by atoms with Gasteiger partial charge in [0.25, 0.3) is 0 Å². The molecule has 0 saturated heterocycles. The minimum Gasteiger partial charge on any atom is -0.423 e. The zero-order chi connectivity index (χ0) is 16.6. The normalized spacial score (nSPS) is 11.6. The minimum atomic E-state index is -4.10. The standard InChI is InChI=1S/C15H8Cl2O5S/c16-10-2-4-14(12(17)8-10)22-23(19,20)11-3-5-13-9(7-11)1-6-15(18)21-13/h1-8H. The second-order valence-electron chi connectivity index (χ2n) is 4.57. The molecule has 0 aliphatic heterocycles. The molecule has 5 nitrogen and oxygen atoms in total. The Kier molecular flexibility index (Phi) is 4.06. The molecule has 0 amide bonds. The van der Waals surface area contributed by atoms with Gasteiger partial charge in [0.05, 0.1) is 5.02 Å². The van der Waals surface area contributed by atoms with Gasteiger partial charge in [-0.25, -0.2) is 4.79 Å². The van der Waals surface area contributed by atoms with E-state index in [4.69, 9.17) is 31.8 Å². The second kappa shape index (κ2) is 5.88. The third kappa shape index (κ3) is 3.34. The fourth-order valence-corrected chi connectivity index (χ4v) is 3.39. The summed E-state index contributed by atoms with van der Waals surface area (Å²) >= 11 is 11.7. The molecule has 0 N–H and O–H groups in total. The minimum absolute atomic E-state index is 0.0317. The van der Waals surface area contributed by atoms with E-state index in [1.165, 1.54) is 48.5 Å². The number of hydrogen-bond donors (Lipinski definition) is 0. The second-order valence-corrected chi connectivity index (χ2v) is 6.96. The Morgan fingerprint density at radius 2 is 1.74 bits per heavy atom. The fraction of sp³-hybridized carbons (Fsp3) is 0. The van der Waals surface area contributed by atoms with Crippen molar-refractivity contribution in [1.29, 1.82) is 0 Å². The maximum atomic E-state index is 12.3. The zero-order valence-electron chi connectivity index (χ0n) is 11.3. The summed E-state index contributed by atoms with van der Waals surface area (Å²) in [5, 5.41) is 0.893. The Balaban J connectivity index is 2.02. The van der Waals surface area contributed by atoms with Crippen LogP contribution in [0.1, 0.15) is 0 Å². The summed E-state index contributed by atoms with van der Waals surface area (Å²) in [5.41, 5.74) is -0.238. The molecule has 0 saturated carbocycles. The number of fused-ring (bicyclic) bond motifs is 1. The van der Waals surface area contributed by atoms with Crippen molar-refractivity contribution < 1.29 is 17.0 Å². The van der Waals surface area contributed by atoms with Crippen LogP contribution in [0.25, 0.3) is 11.0 Å². The van der Waals surface area contributed by atoms with Gasteiger partial charge < -0.3 is 8.60 Å². The van der Waals surface area contributed by atoms with Crippen molar-refractivity contribution in [3.8, 4) is 5.75 Å². The van der Waals surface area contributed by atoms with Crippen molar-refractivity contribution in [1.82, 2.24) is 0 Å².